The summed E-state index contributed by atoms with van der Waals surface area (Å²) in [5.74, 6) is -0.839. The Bertz CT molecular complexity index is 324. The number of nitrogens with one attached hydrogen (secondary N) is 1. The molecule has 1 aromatic carbocycles. The van der Waals surface area contributed by atoms with E-state index in [1.807, 2.05) is 0 Å². The molecule has 0 aromatic heterocycles. The van der Waals surface area contributed by atoms with E-state index in [1.54, 1.807) is 0 Å². The number of hydrogen-bond acceptors (Lipinski definition) is 1. The van der Waals surface area contributed by atoms with E-state index in [1.165, 1.54) is 7.05 Å². The van der Waals surface area contributed by atoms with Crippen LogP contribution in [0.1, 0.15) is 11.1 Å². The maximum Gasteiger partial charge on any atom is 0.416 e. The highest BCUT2D eigenvalue weighted by molar-refractivity contribution is 5.85. The minimum Gasteiger partial charge on any atom is -0.316 e. The number of alkyl halides is 3. The number of benzene rings is 1. The van der Waals surface area contributed by atoms with Crippen molar-refractivity contribution in [2.45, 2.75) is 12.7 Å². The SMILES string of the molecule is CNCc1c(F)cccc1C(F)(F)F.Cl. The quantitative estimate of drug-likeness (QED) is 0.788. The highest BCUT2D eigenvalue weighted by Gasteiger charge is 2.33. The van der Waals surface area contributed by atoms with Crippen molar-refractivity contribution in [1.29, 1.82) is 0 Å². The van der Waals surface area contributed by atoms with Crippen molar-refractivity contribution in [1.82, 2.24) is 5.32 Å². The summed E-state index contributed by atoms with van der Waals surface area (Å²) in [6.07, 6.45) is -4.51. The lowest BCUT2D eigenvalue weighted by Crippen LogP contribution is -2.15. The summed E-state index contributed by atoms with van der Waals surface area (Å²) in [4.78, 5) is 0. The Morgan fingerprint density at radius 1 is 1.27 bits per heavy atom. The molecule has 0 amide bonds. The highest BCUT2D eigenvalue weighted by Crippen LogP contribution is 2.32. The summed E-state index contributed by atoms with van der Waals surface area (Å²) < 4.78 is 50.1. The van der Waals surface area contributed by atoms with Crippen LogP contribution in [0.2, 0.25) is 0 Å². The van der Waals surface area contributed by atoms with Crippen molar-refractivity contribution in [3.63, 3.8) is 0 Å². The summed E-state index contributed by atoms with van der Waals surface area (Å²) >= 11 is 0. The first-order valence-corrected chi connectivity index (χ1v) is 3.96. The van der Waals surface area contributed by atoms with Crippen LogP contribution in [0.3, 0.4) is 0 Å². The molecule has 1 nitrogen and oxygen atoms in total. The van der Waals surface area contributed by atoms with Gasteiger partial charge in [-0.1, -0.05) is 6.07 Å². The van der Waals surface area contributed by atoms with Crippen LogP contribution in [0.4, 0.5) is 17.6 Å². The van der Waals surface area contributed by atoms with E-state index in [4.69, 9.17) is 0 Å². The van der Waals surface area contributed by atoms with Crippen LogP contribution in [0, 0.1) is 5.82 Å². The van der Waals surface area contributed by atoms with Crippen LogP contribution in [0.25, 0.3) is 0 Å². The average molecular weight is 244 g/mol. The fraction of sp³-hybridized carbons (Fsp3) is 0.333. The van der Waals surface area contributed by atoms with Crippen molar-refractivity contribution < 1.29 is 17.6 Å². The maximum atomic E-state index is 13.0. The second kappa shape index (κ2) is 5.32. The van der Waals surface area contributed by atoms with E-state index >= 15 is 0 Å². The van der Waals surface area contributed by atoms with Crippen molar-refractivity contribution in [3.8, 4) is 0 Å². The Hall–Kier alpha value is -0.810. The molecular weight excluding hydrogens is 234 g/mol. The lowest BCUT2D eigenvalue weighted by Gasteiger charge is -2.12. The summed E-state index contributed by atoms with van der Waals surface area (Å²) in [5.41, 5.74) is -1.27. The normalized spacial score (nSPS) is 11.0. The van der Waals surface area contributed by atoms with Gasteiger partial charge in [0.1, 0.15) is 5.82 Å². The van der Waals surface area contributed by atoms with Gasteiger partial charge in [0.05, 0.1) is 5.56 Å². The molecule has 0 atom stereocenters. The summed E-state index contributed by atoms with van der Waals surface area (Å²) in [7, 11) is 1.46. The van der Waals surface area contributed by atoms with Gasteiger partial charge in [-0.2, -0.15) is 13.2 Å². The molecule has 1 rings (SSSR count). The minimum atomic E-state index is -4.51. The fourth-order valence-electron chi connectivity index (χ4n) is 1.18. The van der Waals surface area contributed by atoms with Crippen molar-refractivity contribution >= 4 is 12.4 Å². The first kappa shape index (κ1) is 14.2. The zero-order valence-electron chi connectivity index (χ0n) is 7.86. The second-order valence-electron chi connectivity index (χ2n) is 2.79. The predicted molar refractivity (Wildman–Crippen MR) is 51.4 cm³/mol. The topological polar surface area (TPSA) is 12.0 Å². The molecule has 6 heteroatoms. The molecule has 0 saturated heterocycles. The van der Waals surface area contributed by atoms with E-state index in [2.05, 4.69) is 5.32 Å². The van der Waals surface area contributed by atoms with E-state index in [0.717, 1.165) is 18.2 Å². The van der Waals surface area contributed by atoms with Gasteiger partial charge in [-0.3, -0.25) is 0 Å². The molecule has 0 bridgehead atoms. The summed E-state index contributed by atoms with van der Waals surface area (Å²) in [6.45, 7) is -0.137. The Morgan fingerprint density at radius 3 is 2.33 bits per heavy atom. The first-order chi connectivity index (χ1) is 6.46. The Labute approximate surface area is 90.9 Å². The van der Waals surface area contributed by atoms with Gasteiger partial charge < -0.3 is 5.32 Å². The molecule has 15 heavy (non-hydrogen) atoms. The third-order valence-corrected chi connectivity index (χ3v) is 1.78. The Balaban J connectivity index is 0.00000196. The average Bonchev–Trinajstić information content (AvgIpc) is 2.07. The monoisotopic (exact) mass is 243 g/mol. The van der Waals surface area contributed by atoms with E-state index in [0.29, 0.717) is 0 Å². The number of hydrogen-bond donors (Lipinski definition) is 1. The minimum absolute atomic E-state index is 0. The third-order valence-electron chi connectivity index (χ3n) is 1.78. The van der Waals surface area contributed by atoms with Crippen LogP contribution in [-0.4, -0.2) is 7.05 Å². The fourth-order valence-corrected chi connectivity index (χ4v) is 1.18. The molecule has 86 valence electrons. The highest BCUT2D eigenvalue weighted by atomic mass is 35.5. The zero-order valence-corrected chi connectivity index (χ0v) is 8.68. The first-order valence-electron chi connectivity index (χ1n) is 3.96. The van der Waals surface area contributed by atoms with Crippen LogP contribution in [0.15, 0.2) is 18.2 Å². The number of rotatable bonds is 2. The van der Waals surface area contributed by atoms with Crippen molar-refractivity contribution in [2.75, 3.05) is 7.05 Å². The van der Waals surface area contributed by atoms with Crippen LogP contribution in [-0.2, 0) is 12.7 Å². The Morgan fingerprint density at radius 2 is 1.87 bits per heavy atom. The van der Waals surface area contributed by atoms with Crippen LogP contribution < -0.4 is 5.32 Å². The molecule has 0 unspecified atom stereocenters. The molecule has 0 radical (unpaired) electrons. The molecule has 0 aliphatic heterocycles. The van der Waals surface area contributed by atoms with Gasteiger partial charge in [0.15, 0.2) is 0 Å². The van der Waals surface area contributed by atoms with Gasteiger partial charge in [0, 0.05) is 12.1 Å². The molecular formula is C9H10ClF4N. The lowest BCUT2D eigenvalue weighted by molar-refractivity contribution is -0.138. The summed E-state index contributed by atoms with van der Waals surface area (Å²) in [5, 5.41) is 2.50. The molecule has 0 saturated carbocycles. The zero-order chi connectivity index (χ0) is 10.8. The van der Waals surface area contributed by atoms with Gasteiger partial charge in [-0.15, -0.1) is 12.4 Å². The van der Waals surface area contributed by atoms with E-state index in [-0.39, 0.29) is 24.5 Å². The van der Waals surface area contributed by atoms with Crippen molar-refractivity contribution in [2.24, 2.45) is 0 Å². The molecule has 0 fully saturated rings. The van der Waals surface area contributed by atoms with Crippen LogP contribution in [0.5, 0.6) is 0 Å². The van der Waals surface area contributed by atoms with Crippen molar-refractivity contribution in [3.05, 3.63) is 35.1 Å². The molecule has 1 N–H and O–H groups in total. The lowest BCUT2D eigenvalue weighted by atomic mass is 10.1. The largest absolute Gasteiger partial charge is 0.416 e. The molecule has 0 heterocycles. The maximum absolute atomic E-state index is 13.0. The van der Waals surface area contributed by atoms with E-state index in [9.17, 15) is 17.6 Å². The van der Waals surface area contributed by atoms with E-state index < -0.39 is 17.6 Å². The third kappa shape index (κ3) is 3.35. The number of halogens is 5. The van der Waals surface area contributed by atoms with Gasteiger partial charge in [-0.05, 0) is 19.2 Å². The smallest absolute Gasteiger partial charge is 0.316 e. The standard InChI is InChI=1S/C9H9F4N.ClH/c1-14-5-6-7(9(11,12)13)3-2-4-8(6)10;/h2-4,14H,5H2,1H3;1H. The van der Waals surface area contributed by atoms with Gasteiger partial charge in [0.2, 0.25) is 0 Å². The summed E-state index contributed by atoms with van der Waals surface area (Å²) in [6, 6.07) is 2.94. The van der Waals surface area contributed by atoms with Crippen LogP contribution >= 0.6 is 12.4 Å². The molecule has 0 spiro atoms. The molecule has 0 aliphatic rings. The predicted octanol–water partition coefficient (Wildman–Crippen LogP) is 2.99. The molecule has 1 aromatic rings. The van der Waals surface area contributed by atoms with Gasteiger partial charge in [0.25, 0.3) is 0 Å². The van der Waals surface area contributed by atoms with Gasteiger partial charge >= 0.3 is 6.18 Å². The molecule has 0 aliphatic carbocycles. The van der Waals surface area contributed by atoms with Gasteiger partial charge in [-0.25, -0.2) is 4.39 Å². The second-order valence-corrected chi connectivity index (χ2v) is 2.79. The Kier molecular flexibility index (Phi) is 5.03.